The van der Waals surface area contributed by atoms with E-state index in [0.29, 0.717) is 13.2 Å². The third kappa shape index (κ3) is 6.43. The predicted octanol–water partition coefficient (Wildman–Crippen LogP) is 1.03. The van der Waals surface area contributed by atoms with Crippen LogP contribution in [0.2, 0.25) is 0 Å². The van der Waals surface area contributed by atoms with Gasteiger partial charge in [-0.15, -0.1) is 0 Å². The molecule has 0 spiro atoms. The second kappa shape index (κ2) is 10.2. The smallest absolute Gasteiger partial charge is 0.227 e. The molecule has 150 valence electrons. The fourth-order valence-corrected chi connectivity index (χ4v) is 3.04. The number of nitrogens with one attached hydrogen (secondary N) is 2. The second-order valence-corrected chi connectivity index (χ2v) is 7.35. The van der Waals surface area contributed by atoms with Crippen molar-refractivity contribution < 1.29 is 9.53 Å². The summed E-state index contributed by atoms with van der Waals surface area (Å²) >= 11 is 0. The summed E-state index contributed by atoms with van der Waals surface area (Å²) in [5.41, 5.74) is -0.485. The van der Waals surface area contributed by atoms with E-state index in [0.717, 1.165) is 44.4 Å². The molecule has 0 atom stereocenters. The summed E-state index contributed by atoms with van der Waals surface area (Å²) in [6.07, 6.45) is 0. The molecule has 1 aliphatic rings. The molecule has 0 aromatic heterocycles. The molecule has 2 N–H and O–H groups in total. The lowest BCUT2D eigenvalue weighted by molar-refractivity contribution is -0.128. The largest absolute Gasteiger partial charge is 0.492 e. The molecule has 1 amide bonds. The van der Waals surface area contributed by atoms with Gasteiger partial charge in [0.1, 0.15) is 12.4 Å². The molecule has 27 heavy (non-hydrogen) atoms. The topological polar surface area (TPSA) is 69.2 Å². The third-order valence-corrected chi connectivity index (χ3v) is 4.83. The van der Waals surface area contributed by atoms with Crippen LogP contribution in [0.4, 0.5) is 0 Å². The highest BCUT2D eigenvalue weighted by atomic mass is 16.5. The van der Waals surface area contributed by atoms with Gasteiger partial charge in [0.05, 0.1) is 5.41 Å². The van der Waals surface area contributed by atoms with Crippen molar-refractivity contribution >= 4 is 11.9 Å². The van der Waals surface area contributed by atoms with Crippen LogP contribution in [0.15, 0.2) is 35.3 Å². The van der Waals surface area contributed by atoms with Crippen molar-refractivity contribution in [2.24, 2.45) is 10.4 Å². The zero-order chi connectivity index (χ0) is 19.7. The Bertz CT molecular complexity index is 610. The van der Waals surface area contributed by atoms with Gasteiger partial charge < -0.3 is 20.3 Å². The van der Waals surface area contributed by atoms with Gasteiger partial charge in [-0.2, -0.15) is 0 Å². The van der Waals surface area contributed by atoms with Crippen molar-refractivity contribution in [2.45, 2.75) is 13.8 Å². The number of ether oxygens (including phenoxy) is 1. The fraction of sp³-hybridized carbons (Fsp3) is 0.600. The van der Waals surface area contributed by atoms with Gasteiger partial charge >= 0.3 is 0 Å². The van der Waals surface area contributed by atoms with Crippen LogP contribution in [0.5, 0.6) is 5.75 Å². The van der Waals surface area contributed by atoms with Crippen molar-refractivity contribution in [3.05, 3.63) is 30.3 Å². The van der Waals surface area contributed by atoms with Crippen molar-refractivity contribution in [2.75, 3.05) is 60.0 Å². The zero-order valence-corrected chi connectivity index (χ0v) is 17.0. The summed E-state index contributed by atoms with van der Waals surface area (Å²) in [5.74, 6) is 1.79. The van der Waals surface area contributed by atoms with E-state index in [1.54, 1.807) is 14.1 Å². The van der Waals surface area contributed by atoms with Crippen LogP contribution in [0.25, 0.3) is 0 Å². The first-order valence-corrected chi connectivity index (χ1v) is 9.54. The van der Waals surface area contributed by atoms with Crippen LogP contribution in [-0.4, -0.2) is 81.6 Å². The van der Waals surface area contributed by atoms with Crippen LogP contribution >= 0.6 is 0 Å². The molecule has 1 aliphatic heterocycles. The monoisotopic (exact) mass is 375 g/mol. The van der Waals surface area contributed by atoms with Crippen molar-refractivity contribution in [3.63, 3.8) is 0 Å². The summed E-state index contributed by atoms with van der Waals surface area (Å²) in [4.78, 5) is 21.0. The number of benzene rings is 1. The van der Waals surface area contributed by atoms with Crippen molar-refractivity contribution in [1.82, 2.24) is 20.4 Å². The molecular weight excluding hydrogens is 342 g/mol. The van der Waals surface area contributed by atoms with Crippen molar-refractivity contribution in [3.8, 4) is 5.75 Å². The maximum Gasteiger partial charge on any atom is 0.227 e. The van der Waals surface area contributed by atoms with E-state index in [9.17, 15) is 4.79 Å². The molecular formula is C20H33N5O2. The van der Waals surface area contributed by atoms with Crippen LogP contribution < -0.4 is 15.4 Å². The molecule has 0 radical (unpaired) electrons. The molecule has 1 fully saturated rings. The Balaban J connectivity index is 1.72. The number of para-hydroxylation sites is 1. The van der Waals surface area contributed by atoms with Gasteiger partial charge in [0.25, 0.3) is 0 Å². The molecule has 0 saturated carbocycles. The number of carbonyl (C=O) groups is 1. The predicted molar refractivity (Wildman–Crippen MR) is 109 cm³/mol. The average molecular weight is 376 g/mol. The Morgan fingerprint density at radius 3 is 2.44 bits per heavy atom. The molecule has 1 saturated heterocycles. The van der Waals surface area contributed by atoms with E-state index in [1.165, 1.54) is 0 Å². The molecule has 7 heteroatoms. The highest BCUT2D eigenvalue weighted by molar-refractivity contribution is 5.84. The maximum atomic E-state index is 11.9. The van der Waals surface area contributed by atoms with Gasteiger partial charge in [0, 0.05) is 53.4 Å². The first kappa shape index (κ1) is 21.0. The summed E-state index contributed by atoms with van der Waals surface area (Å²) in [7, 11) is 3.45. The quantitative estimate of drug-likeness (QED) is 0.550. The highest BCUT2D eigenvalue weighted by Gasteiger charge is 2.28. The molecule has 0 aliphatic carbocycles. The van der Waals surface area contributed by atoms with Crippen LogP contribution in [0.1, 0.15) is 13.8 Å². The minimum atomic E-state index is -0.485. The lowest BCUT2D eigenvalue weighted by Gasteiger charge is -2.37. The van der Waals surface area contributed by atoms with E-state index < -0.39 is 5.41 Å². The first-order valence-electron chi connectivity index (χ1n) is 9.54. The van der Waals surface area contributed by atoms with Gasteiger partial charge in [-0.1, -0.05) is 18.2 Å². The number of amides is 1. The van der Waals surface area contributed by atoms with Gasteiger partial charge in [0.2, 0.25) is 5.91 Å². The average Bonchev–Trinajstić information content (AvgIpc) is 2.69. The normalized spacial score (nSPS) is 16.1. The summed E-state index contributed by atoms with van der Waals surface area (Å²) in [5, 5.41) is 6.06. The van der Waals surface area contributed by atoms with Crippen molar-refractivity contribution in [1.29, 1.82) is 0 Å². The number of piperazine rings is 1. The van der Waals surface area contributed by atoms with E-state index in [2.05, 4.69) is 25.4 Å². The first-order chi connectivity index (χ1) is 13.0. The van der Waals surface area contributed by atoms with E-state index >= 15 is 0 Å². The molecule has 1 aromatic rings. The highest BCUT2D eigenvalue weighted by Crippen LogP contribution is 2.14. The standard InChI is InChI=1S/C20H33N5O2/c1-20(2,18(26)21-3)16-23-19(22-4)25-12-10-24(11-13-25)14-15-27-17-8-6-5-7-9-17/h5-9H,10-16H2,1-4H3,(H,21,26)(H,22,23). The van der Waals surface area contributed by atoms with E-state index in [1.807, 2.05) is 44.2 Å². The van der Waals surface area contributed by atoms with Crippen LogP contribution in [0.3, 0.4) is 0 Å². The van der Waals surface area contributed by atoms with Gasteiger partial charge in [0.15, 0.2) is 5.96 Å². The number of guanidine groups is 1. The molecule has 2 rings (SSSR count). The number of hydrogen-bond acceptors (Lipinski definition) is 4. The second-order valence-electron chi connectivity index (χ2n) is 7.35. The van der Waals surface area contributed by atoms with E-state index in [-0.39, 0.29) is 5.91 Å². The number of hydrogen-bond donors (Lipinski definition) is 2. The number of rotatable bonds is 7. The molecule has 7 nitrogen and oxygen atoms in total. The zero-order valence-electron chi connectivity index (χ0n) is 17.0. The summed E-state index contributed by atoms with van der Waals surface area (Å²) in [6, 6.07) is 9.92. The summed E-state index contributed by atoms with van der Waals surface area (Å²) in [6.45, 7) is 9.76. The van der Waals surface area contributed by atoms with Gasteiger partial charge in [-0.3, -0.25) is 14.7 Å². The number of aliphatic imine (C=N–C) groups is 1. The number of carbonyl (C=O) groups excluding carboxylic acids is 1. The van der Waals surface area contributed by atoms with Crippen LogP contribution in [-0.2, 0) is 4.79 Å². The van der Waals surface area contributed by atoms with E-state index in [4.69, 9.17) is 4.74 Å². The molecule has 0 unspecified atom stereocenters. The minimum absolute atomic E-state index is 0.0219. The summed E-state index contributed by atoms with van der Waals surface area (Å²) < 4.78 is 5.78. The lowest BCUT2D eigenvalue weighted by atomic mass is 9.92. The number of nitrogens with zero attached hydrogens (tertiary/aromatic N) is 3. The maximum absolute atomic E-state index is 11.9. The molecule has 1 aromatic carbocycles. The Morgan fingerprint density at radius 1 is 1.19 bits per heavy atom. The Labute approximate surface area is 162 Å². The Hall–Kier alpha value is -2.28. The Kier molecular flexibility index (Phi) is 7.91. The third-order valence-electron chi connectivity index (χ3n) is 4.83. The fourth-order valence-electron chi connectivity index (χ4n) is 3.04. The molecule has 0 bridgehead atoms. The lowest BCUT2D eigenvalue weighted by Crippen LogP contribution is -2.54. The Morgan fingerprint density at radius 2 is 1.85 bits per heavy atom. The minimum Gasteiger partial charge on any atom is -0.492 e. The SMILES string of the molecule is CN=C(NCC(C)(C)C(=O)NC)N1CCN(CCOc2ccccc2)CC1. The van der Waals surface area contributed by atoms with Gasteiger partial charge in [-0.25, -0.2) is 0 Å². The van der Waals surface area contributed by atoms with Gasteiger partial charge in [-0.05, 0) is 26.0 Å². The van der Waals surface area contributed by atoms with Crippen LogP contribution in [0, 0.1) is 5.41 Å². The molecule has 1 heterocycles.